The van der Waals surface area contributed by atoms with E-state index in [1.54, 1.807) is 0 Å². The van der Waals surface area contributed by atoms with Crippen LogP contribution in [0.1, 0.15) is 13.8 Å². The van der Waals surface area contributed by atoms with Gasteiger partial charge in [0, 0.05) is 15.2 Å². The molecule has 0 spiro atoms. The van der Waals surface area contributed by atoms with E-state index in [9.17, 15) is 0 Å². The molecule has 0 fully saturated rings. The highest BCUT2D eigenvalue weighted by atomic mass is 32.2. The summed E-state index contributed by atoms with van der Waals surface area (Å²) in [5, 5.41) is 2.80. The molecule has 2 heteroatoms. The molecule has 1 heterocycles. The number of hydrogen-bond acceptors (Lipinski definition) is 2. The van der Waals surface area contributed by atoms with Crippen LogP contribution in [0.4, 0.5) is 0 Å². The van der Waals surface area contributed by atoms with Crippen LogP contribution < -0.4 is 0 Å². The minimum Gasteiger partial charge on any atom is -0.108 e. The van der Waals surface area contributed by atoms with E-state index in [4.69, 9.17) is 0 Å². The molecule has 0 amide bonds. The molecule has 1 aliphatic heterocycles. The molecule has 2 aromatic carbocycles. The van der Waals surface area contributed by atoms with Gasteiger partial charge in [0.25, 0.3) is 0 Å². The molecule has 0 atom stereocenters. The van der Waals surface area contributed by atoms with Crippen molar-refractivity contribution >= 4 is 34.3 Å². The van der Waals surface area contributed by atoms with Crippen LogP contribution in [-0.4, -0.2) is 4.08 Å². The Morgan fingerprint density at radius 1 is 0.867 bits per heavy atom. The van der Waals surface area contributed by atoms with Gasteiger partial charge in [0.1, 0.15) is 0 Å². The lowest BCUT2D eigenvalue weighted by atomic mass is 10.1. The third kappa shape index (κ3) is 1.56. The first-order valence-corrected chi connectivity index (χ1v) is 6.69. The van der Waals surface area contributed by atoms with Crippen LogP contribution in [0.2, 0.25) is 0 Å². The van der Waals surface area contributed by atoms with Gasteiger partial charge in [-0.1, -0.05) is 24.3 Å². The predicted octanol–water partition coefficient (Wildman–Crippen LogP) is 4.77. The van der Waals surface area contributed by atoms with Gasteiger partial charge in [-0.25, -0.2) is 0 Å². The summed E-state index contributed by atoms with van der Waals surface area (Å²) in [5.74, 6) is 0. The van der Waals surface area contributed by atoms with Crippen LogP contribution in [0.25, 0.3) is 10.8 Å². The zero-order valence-corrected chi connectivity index (χ0v) is 10.4. The van der Waals surface area contributed by atoms with E-state index in [1.807, 2.05) is 23.5 Å². The number of benzene rings is 2. The third-order valence-corrected chi connectivity index (χ3v) is 5.14. The smallest absolute Gasteiger partial charge is 0.0649 e. The standard InChI is InChI=1S/C13H12S2/c1-13(2)14-10-7-3-5-9-6-4-8-11(15-13)12(9)10/h3-8H,1-2H3. The van der Waals surface area contributed by atoms with Crippen LogP contribution in [0.15, 0.2) is 46.2 Å². The normalized spacial score (nSPS) is 18.0. The molecular weight excluding hydrogens is 220 g/mol. The van der Waals surface area contributed by atoms with Crippen molar-refractivity contribution in [3.05, 3.63) is 36.4 Å². The number of hydrogen-bond donors (Lipinski definition) is 0. The Kier molecular flexibility index (Phi) is 2.05. The molecule has 3 rings (SSSR count). The highest BCUT2D eigenvalue weighted by molar-refractivity contribution is 8.19. The van der Waals surface area contributed by atoms with Gasteiger partial charge in [-0.05, 0) is 31.4 Å². The largest absolute Gasteiger partial charge is 0.108 e. The predicted molar refractivity (Wildman–Crippen MR) is 69.7 cm³/mol. The van der Waals surface area contributed by atoms with Crippen molar-refractivity contribution in [1.82, 2.24) is 0 Å². The van der Waals surface area contributed by atoms with Gasteiger partial charge in [0.05, 0.1) is 4.08 Å². The molecule has 0 radical (unpaired) electrons. The van der Waals surface area contributed by atoms with Gasteiger partial charge < -0.3 is 0 Å². The minimum absolute atomic E-state index is 0.253. The fourth-order valence-electron chi connectivity index (χ4n) is 1.99. The highest BCUT2D eigenvalue weighted by Gasteiger charge is 2.27. The minimum atomic E-state index is 0.253. The maximum atomic E-state index is 2.29. The van der Waals surface area contributed by atoms with E-state index in [0.717, 1.165) is 0 Å². The van der Waals surface area contributed by atoms with E-state index in [1.165, 1.54) is 20.6 Å². The second-order valence-corrected chi connectivity index (χ2v) is 7.80. The topological polar surface area (TPSA) is 0 Å². The first-order chi connectivity index (χ1) is 7.16. The molecular formula is C13H12S2. The Bertz CT molecular complexity index is 486. The van der Waals surface area contributed by atoms with Crippen LogP contribution >= 0.6 is 23.5 Å². The first kappa shape index (κ1) is 9.61. The molecule has 0 saturated heterocycles. The quantitative estimate of drug-likeness (QED) is 0.641. The number of rotatable bonds is 0. The van der Waals surface area contributed by atoms with Crippen LogP contribution in [-0.2, 0) is 0 Å². The summed E-state index contributed by atoms with van der Waals surface area (Å²) in [7, 11) is 0. The monoisotopic (exact) mass is 232 g/mol. The van der Waals surface area contributed by atoms with Crippen LogP contribution in [0.5, 0.6) is 0 Å². The Morgan fingerprint density at radius 2 is 1.40 bits per heavy atom. The van der Waals surface area contributed by atoms with Gasteiger partial charge in [-0.3, -0.25) is 0 Å². The highest BCUT2D eigenvalue weighted by Crippen LogP contribution is 2.53. The second-order valence-electron chi connectivity index (χ2n) is 4.21. The maximum absolute atomic E-state index is 2.29. The van der Waals surface area contributed by atoms with Gasteiger partial charge in [0.2, 0.25) is 0 Å². The summed E-state index contributed by atoms with van der Waals surface area (Å²) < 4.78 is 0.253. The molecule has 0 saturated carbocycles. The zero-order valence-electron chi connectivity index (χ0n) is 8.78. The lowest BCUT2D eigenvalue weighted by molar-refractivity contribution is 1.02. The molecule has 0 aromatic heterocycles. The summed E-state index contributed by atoms with van der Waals surface area (Å²) in [5.41, 5.74) is 0. The molecule has 2 aromatic rings. The summed E-state index contributed by atoms with van der Waals surface area (Å²) in [4.78, 5) is 2.85. The van der Waals surface area contributed by atoms with E-state index in [-0.39, 0.29) is 4.08 Å². The van der Waals surface area contributed by atoms with Crippen molar-refractivity contribution in [3.63, 3.8) is 0 Å². The van der Waals surface area contributed by atoms with E-state index >= 15 is 0 Å². The SMILES string of the molecule is CC1(C)Sc2cccc3cccc(c23)S1. The summed E-state index contributed by atoms with van der Waals surface area (Å²) >= 11 is 3.94. The van der Waals surface area contributed by atoms with Crippen molar-refractivity contribution in [2.45, 2.75) is 27.7 Å². The fourth-order valence-corrected chi connectivity index (χ4v) is 4.78. The lowest BCUT2D eigenvalue weighted by Crippen LogP contribution is -2.11. The fraction of sp³-hybridized carbons (Fsp3) is 0.231. The average molecular weight is 232 g/mol. The molecule has 0 nitrogen and oxygen atoms in total. The lowest BCUT2D eigenvalue weighted by Gasteiger charge is -2.29. The Balaban J connectivity index is 2.36. The van der Waals surface area contributed by atoms with Crippen molar-refractivity contribution in [2.75, 3.05) is 0 Å². The van der Waals surface area contributed by atoms with Gasteiger partial charge in [-0.15, -0.1) is 23.5 Å². The van der Waals surface area contributed by atoms with E-state index in [0.29, 0.717) is 0 Å². The van der Waals surface area contributed by atoms with Crippen LogP contribution in [0, 0.1) is 0 Å². The second kappa shape index (κ2) is 3.19. The summed E-state index contributed by atoms with van der Waals surface area (Å²) in [6.45, 7) is 4.58. The molecule has 0 unspecified atom stereocenters. The maximum Gasteiger partial charge on any atom is 0.0649 e. The third-order valence-electron chi connectivity index (χ3n) is 2.54. The Hall–Kier alpha value is -0.600. The molecule has 0 aliphatic carbocycles. The summed E-state index contributed by atoms with van der Waals surface area (Å²) in [6.07, 6.45) is 0. The Morgan fingerprint density at radius 3 is 1.93 bits per heavy atom. The molecule has 0 N–H and O–H groups in total. The Labute approximate surface area is 98.4 Å². The van der Waals surface area contributed by atoms with E-state index in [2.05, 4.69) is 50.2 Å². The average Bonchev–Trinajstić information content (AvgIpc) is 2.16. The number of thioether (sulfide) groups is 2. The molecule has 0 bridgehead atoms. The van der Waals surface area contributed by atoms with E-state index < -0.39 is 0 Å². The molecule has 15 heavy (non-hydrogen) atoms. The van der Waals surface area contributed by atoms with Crippen molar-refractivity contribution in [1.29, 1.82) is 0 Å². The van der Waals surface area contributed by atoms with Crippen molar-refractivity contribution in [2.24, 2.45) is 0 Å². The van der Waals surface area contributed by atoms with Crippen molar-refractivity contribution < 1.29 is 0 Å². The zero-order chi connectivity index (χ0) is 10.5. The van der Waals surface area contributed by atoms with Gasteiger partial charge in [0.15, 0.2) is 0 Å². The molecule has 76 valence electrons. The van der Waals surface area contributed by atoms with Gasteiger partial charge >= 0.3 is 0 Å². The van der Waals surface area contributed by atoms with Crippen LogP contribution in [0.3, 0.4) is 0 Å². The van der Waals surface area contributed by atoms with Gasteiger partial charge in [-0.2, -0.15) is 0 Å². The van der Waals surface area contributed by atoms with Crippen molar-refractivity contribution in [3.8, 4) is 0 Å². The summed E-state index contributed by atoms with van der Waals surface area (Å²) in [6, 6.07) is 13.2. The molecule has 1 aliphatic rings. The first-order valence-electron chi connectivity index (χ1n) is 5.05.